The number of quaternary nitrogens is 1. The molecule has 0 aromatic carbocycles. The number of amides is 1. The predicted molar refractivity (Wildman–Crippen MR) is 314 cm³/mol. The van der Waals surface area contributed by atoms with Gasteiger partial charge in [0.05, 0.1) is 33.8 Å². The molecule has 9 nitrogen and oxygen atoms in total. The number of likely N-dealkylation sites (N-methyl/N-ethyl adjacent to an activating group) is 1. The Hall–Kier alpha value is -2.55. The van der Waals surface area contributed by atoms with Crippen LogP contribution < -0.4 is 5.32 Å². The highest BCUT2D eigenvalue weighted by Crippen LogP contribution is 2.43. The average molecular weight is 1040 g/mol. The molecule has 0 aromatic heterocycles. The Morgan fingerprint density at radius 2 is 0.877 bits per heavy atom. The number of phosphoric acid groups is 1. The molecule has 0 aliphatic heterocycles. The van der Waals surface area contributed by atoms with Crippen molar-refractivity contribution in [3.8, 4) is 0 Å². The largest absolute Gasteiger partial charge is 0.472 e. The van der Waals surface area contributed by atoms with Gasteiger partial charge in [0.2, 0.25) is 5.91 Å². The number of carbonyl (C=O) groups excluding carboxylic acids is 2. The fourth-order valence-electron chi connectivity index (χ4n) is 8.50. The lowest BCUT2D eigenvalue weighted by atomic mass is 10.0. The maximum atomic E-state index is 13.5. The van der Waals surface area contributed by atoms with Gasteiger partial charge in [0.25, 0.3) is 0 Å². The number of hydrogen-bond acceptors (Lipinski definition) is 6. The van der Waals surface area contributed by atoms with Gasteiger partial charge in [-0.2, -0.15) is 0 Å². The van der Waals surface area contributed by atoms with Crippen LogP contribution in [0.1, 0.15) is 265 Å². The summed E-state index contributed by atoms with van der Waals surface area (Å²) in [6, 6.07) is -0.859. The van der Waals surface area contributed by atoms with Crippen LogP contribution in [0.25, 0.3) is 0 Å². The average Bonchev–Trinajstić information content (AvgIpc) is 3.35. The van der Waals surface area contributed by atoms with Crippen LogP contribution in [0.4, 0.5) is 0 Å². The van der Waals surface area contributed by atoms with Crippen LogP contribution in [-0.2, 0) is 27.9 Å². The number of unbranched alkanes of at least 4 members (excludes halogenated alkanes) is 28. The minimum absolute atomic E-state index is 0.0347. The topological polar surface area (TPSA) is 111 Å². The highest BCUT2D eigenvalue weighted by Gasteiger charge is 2.30. The molecule has 0 aromatic rings. The molecule has 0 heterocycles. The molecular weight excluding hydrogens is 928 g/mol. The maximum Gasteiger partial charge on any atom is 0.472 e. The van der Waals surface area contributed by atoms with Crippen molar-refractivity contribution in [3.05, 3.63) is 72.9 Å². The standard InChI is InChI=1S/C63H115N2O7P/c1-7-10-13-16-19-22-25-28-30-31-32-33-34-35-36-37-40-43-46-49-52-55-62(66)64-60(59-71-73(68,69)70-58-57-65(4,5)6)61(54-51-48-45-42-39-27-24-21-18-15-12-9-3)72-63(67)56-53-50-47-44-41-38-29-26-23-20-17-14-11-8-2/h10,13,19,22,28,30,32-33,35-36,51,54,60-61H,7-9,11-12,14-18,20-21,23-27,29,31,34,37-50,52-53,55-59H2,1-6H3,(H-,64,66,68,69)/p+1/b13-10-,22-19-,30-28-,33-32-,36-35-,54-51-. The summed E-state index contributed by atoms with van der Waals surface area (Å²) >= 11 is 0. The predicted octanol–water partition coefficient (Wildman–Crippen LogP) is 18.4. The van der Waals surface area contributed by atoms with E-state index in [-0.39, 0.29) is 31.5 Å². The highest BCUT2D eigenvalue weighted by molar-refractivity contribution is 7.47. The van der Waals surface area contributed by atoms with Gasteiger partial charge in [-0.25, -0.2) is 4.57 Å². The molecule has 0 aliphatic carbocycles. The molecule has 0 saturated carbocycles. The summed E-state index contributed by atoms with van der Waals surface area (Å²) in [5, 5.41) is 3.04. The van der Waals surface area contributed by atoms with E-state index in [0.29, 0.717) is 17.4 Å². The molecule has 73 heavy (non-hydrogen) atoms. The fraction of sp³-hybridized carbons (Fsp3) is 0.778. The first kappa shape index (κ1) is 70.5. The van der Waals surface area contributed by atoms with Gasteiger partial charge in [0.1, 0.15) is 19.3 Å². The first-order chi connectivity index (χ1) is 35.4. The lowest BCUT2D eigenvalue weighted by Gasteiger charge is -2.27. The van der Waals surface area contributed by atoms with Crippen LogP contribution in [0.3, 0.4) is 0 Å². The Morgan fingerprint density at radius 3 is 1.32 bits per heavy atom. The van der Waals surface area contributed by atoms with Gasteiger partial charge in [-0.05, 0) is 76.7 Å². The zero-order valence-electron chi connectivity index (χ0n) is 48.4. The van der Waals surface area contributed by atoms with Gasteiger partial charge in [0, 0.05) is 12.8 Å². The van der Waals surface area contributed by atoms with Crippen molar-refractivity contribution in [1.29, 1.82) is 0 Å². The third-order valence-electron chi connectivity index (χ3n) is 13.2. The van der Waals surface area contributed by atoms with E-state index in [2.05, 4.69) is 86.8 Å². The quantitative estimate of drug-likeness (QED) is 0.0205. The Bertz CT molecular complexity index is 1480. The molecule has 0 spiro atoms. The molecular formula is C63H116N2O7P+. The van der Waals surface area contributed by atoms with E-state index in [9.17, 15) is 19.0 Å². The number of rotatable bonds is 54. The van der Waals surface area contributed by atoms with E-state index in [1.807, 2.05) is 33.3 Å². The summed E-state index contributed by atoms with van der Waals surface area (Å²) in [6.45, 7) is 6.89. The first-order valence-corrected chi connectivity index (χ1v) is 31.8. The number of nitrogens with zero attached hydrogens (tertiary/aromatic N) is 1. The SMILES string of the molecule is CC/C=C\C/C=C\C/C=C\C/C=C\C/C=C\CCCCCCCC(=O)NC(COP(=O)(O)OCC[N+](C)(C)C)C(/C=C\CCCCCCCCCCCC)OC(=O)CCCCCCCCCCCCCCCC. The summed E-state index contributed by atoms with van der Waals surface area (Å²) in [4.78, 5) is 37.6. The Balaban J connectivity index is 5.30. The molecule has 0 rings (SSSR count). The minimum atomic E-state index is -4.45. The van der Waals surface area contributed by atoms with Gasteiger partial charge in [-0.15, -0.1) is 0 Å². The van der Waals surface area contributed by atoms with Crippen LogP contribution >= 0.6 is 7.82 Å². The smallest absolute Gasteiger partial charge is 0.456 e. The molecule has 0 radical (unpaired) electrons. The van der Waals surface area contributed by atoms with Crippen molar-refractivity contribution in [2.24, 2.45) is 0 Å². The van der Waals surface area contributed by atoms with Gasteiger partial charge in [-0.3, -0.25) is 18.6 Å². The Kier molecular flexibility index (Phi) is 51.0. The number of esters is 1. The number of phosphoric ester groups is 1. The second kappa shape index (κ2) is 52.9. The summed E-state index contributed by atoms with van der Waals surface area (Å²) in [7, 11) is 1.48. The van der Waals surface area contributed by atoms with Crippen LogP contribution in [0.2, 0.25) is 0 Å². The molecule has 1 amide bonds. The molecule has 0 bridgehead atoms. The maximum absolute atomic E-state index is 13.5. The van der Waals surface area contributed by atoms with Crippen molar-refractivity contribution in [2.45, 2.75) is 277 Å². The summed E-state index contributed by atoms with van der Waals surface area (Å²) in [5.74, 6) is -0.523. The monoisotopic (exact) mass is 1040 g/mol. The van der Waals surface area contributed by atoms with Crippen molar-refractivity contribution < 1.29 is 37.3 Å². The normalized spacial score (nSPS) is 14.2. The van der Waals surface area contributed by atoms with Gasteiger partial charge in [-0.1, -0.05) is 248 Å². The summed E-state index contributed by atoms with van der Waals surface area (Å²) in [6.07, 6.45) is 67.5. The van der Waals surface area contributed by atoms with Crippen LogP contribution in [0.15, 0.2) is 72.9 Å². The highest BCUT2D eigenvalue weighted by atomic mass is 31.2. The van der Waals surface area contributed by atoms with E-state index < -0.39 is 20.0 Å². The minimum Gasteiger partial charge on any atom is -0.456 e. The van der Waals surface area contributed by atoms with Crippen LogP contribution in [-0.4, -0.2) is 74.3 Å². The number of allylic oxidation sites excluding steroid dienone is 11. The van der Waals surface area contributed by atoms with Gasteiger partial charge in [0.15, 0.2) is 0 Å². The molecule has 10 heteroatoms. The third kappa shape index (κ3) is 54.1. The molecule has 2 N–H and O–H groups in total. The van der Waals surface area contributed by atoms with Crippen LogP contribution in [0, 0.1) is 0 Å². The van der Waals surface area contributed by atoms with E-state index in [4.69, 9.17) is 13.8 Å². The number of ether oxygens (including phenoxy) is 1. The van der Waals surface area contributed by atoms with Gasteiger partial charge >= 0.3 is 13.8 Å². The molecule has 0 aliphatic rings. The van der Waals surface area contributed by atoms with Crippen molar-refractivity contribution in [3.63, 3.8) is 0 Å². The lowest BCUT2D eigenvalue weighted by molar-refractivity contribution is -0.870. The number of carbonyl (C=O) groups is 2. The van der Waals surface area contributed by atoms with Gasteiger partial charge < -0.3 is 19.4 Å². The fourth-order valence-corrected chi connectivity index (χ4v) is 9.23. The summed E-state index contributed by atoms with van der Waals surface area (Å²) < 4.78 is 30.7. The zero-order chi connectivity index (χ0) is 53.6. The zero-order valence-corrected chi connectivity index (χ0v) is 49.3. The first-order valence-electron chi connectivity index (χ1n) is 30.3. The number of nitrogens with one attached hydrogen (secondary N) is 1. The summed E-state index contributed by atoms with van der Waals surface area (Å²) in [5.41, 5.74) is 0. The molecule has 3 unspecified atom stereocenters. The van der Waals surface area contributed by atoms with E-state index in [1.165, 1.54) is 122 Å². The molecule has 424 valence electrons. The second-order valence-electron chi connectivity index (χ2n) is 21.5. The van der Waals surface area contributed by atoms with Crippen LogP contribution in [0.5, 0.6) is 0 Å². The third-order valence-corrected chi connectivity index (χ3v) is 14.1. The van der Waals surface area contributed by atoms with E-state index >= 15 is 0 Å². The van der Waals surface area contributed by atoms with Crippen molar-refractivity contribution >= 4 is 19.7 Å². The second-order valence-corrected chi connectivity index (χ2v) is 23.0. The molecule has 0 fully saturated rings. The Morgan fingerprint density at radius 1 is 0.493 bits per heavy atom. The van der Waals surface area contributed by atoms with E-state index in [0.717, 1.165) is 109 Å². The van der Waals surface area contributed by atoms with Crippen molar-refractivity contribution in [2.75, 3.05) is 40.9 Å². The number of hydrogen-bond donors (Lipinski definition) is 2. The molecule has 0 saturated heterocycles. The lowest BCUT2D eigenvalue weighted by Crippen LogP contribution is -2.47. The molecule has 3 atom stereocenters. The Labute approximate surface area is 451 Å². The van der Waals surface area contributed by atoms with E-state index in [1.54, 1.807) is 0 Å². The van der Waals surface area contributed by atoms with Crippen molar-refractivity contribution in [1.82, 2.24) is 5.32 Å².